The van der Waals surface area contributed by atoms with Crippen molar-refractivity contribution in [3.63, 3.8) is 0 Å². The lowest BCUT2D eigenvalue weighted by atomic mass is 9.85. The van der Waals surface area contributed by atoms with Crippen LogP contribution < -0.4 is 36.8 Å². The van der Waals surface area contributed by atoms with Crippen LogP contribution in [-0.2, 0) is 49.7 Å². The number of amides is 7. The average Bonchev–Trinajstić information content (AvgIpc) is 3.86. The minimum absolute atomic E-state index is 0.000324. The maximum absolute atomic E-state index is 13.7. The SMILES string of the molecule is CCN(C(=O)Cn1c(C(=O)NC2CCC(C(=O)NCCCCCCNC(=O)C(CC(=O)O)NC(=O)C(CC(=O)O)NC(=O)C(CC(=O)O)NC(C)=O)CC2)cc2sccc21)c1cccc(C)c1. The Hall–Kier alpha value is -6.84. The van der Waals surface area contributed by atoms with Crippen LogP contribution in [0, 0.1) is 12.8 Å². The minimum Gasteiger partial charge on any atom is -0.481 e. The number of nitrogens with zero attached hydrogens (tertiary/aromatic N) is 2. The highest BCUT2D eigenvalue weighted by molar-refractivity contribution is 7.17. The zero-order valence-corrected chi connectivity index (χ0v) is 38.6. The molecule has 67 heavy (non-hydrogen) atoms. The number of rotatable bonds is 26. The number of likely N-dealkylation sites (N-methyl/N-ethyl adjacent to an activating group) is 1. The number of unbranched alkanes of at least 4 members (excludes halogenated alkanes) is 3. The second-order valence-electron chi connectivity index (χ2n) is 16.5. The number of fused-ring (bicyclic) bond motifs is 1. The molecule has 3 atom stereocenters. The number of benzene rings is 1. The summed E-state index contributed by atoms with van der Waals surface area (Å²) in [5, 5.41) is 44.6. The standard InChI is InChI=1S/C45H60N8O13S/c1-4-52(30-11-9-10-26(2)20-30)37(55)25-53-34-16-19-67-36(34)24-35(53)45(66)49-29-14-12-28(13-15-29)41(62)46-17-7-5-6-8-18-47-42(63)31(21-38(56)57)50-44(65)33(23-40(60)61)51-43(64)32(22-39(58)59)48-27(3)54/h9-11,16,19-20,24,28-29,31-33H,4-8,12-15,17-18,21-23,25H2,1-3H3,(H,46,62)(H,47,63)(H,48,54)(H,49,66)(H,50,65)(H,51,64)(H,56,57)(H,58,59)(H,60,61). The summed E-state index contributed by atoms with van der Waals surface area (Å²) < 4.78 is 2.68. The van der Waals surface area contributed by atoms with Crippen LogP contribution in [0.3, 0.4) is 0 Å². The Balaban J connectivity index is 1.16. The number of carbonyl (C=O) groups excluding carboxylic acids is 7. The van der Waals surface area contributed by atoms with Gasteiger partial charge in [0, 0.05) is 44.2 Å². The summed E-state index contributed by atoms with van der Waals surface area (Å²) in [7, 11) is 0. The molecule has 22 heteroatoms. The molecule has 2 aromatic heterocycles. The fraction of sp³-hybridized carbons (Fsp3) is 0.511. The first-order valence-electron chi connectivity index (χ1n) is 22.2. The second-order valence-corrected chi connectivity index (χ2v) is 17.4. The fourth-order valence-corrected chi connectivity index (χ4v) is 8.67. The quantitative estimate of drug-likeness (QED) is 0.0521. The number of carboxylic acids is 3. The topological polar surface area (TPSA) is 312 Å². The van der Waals surface area contributed by atoms with Crippen LogP contribution in [-0.4, -0.2) is 123 Å². The third kappa shape index (κ3) is 16.5. The number of nitrogens with one attached hydrogen (secondary N) is 6. The highest BCUT2D eigenvalue weighted by Crippen LogP contribution is 2.28. The number of aliphatic carboxylic acids is 3. The first kappa shape index (κ1) is 52.8. The molecular formula is C45H60N8O13S. The van der Waals surface area contributed by atoms with Gasteiger partial charge in [0.25, 0.3) is 5.91 Å². The Kier molecular flexibility index (Phi) is 20.3. The van der Waals surface area contributed by atoms with Crippen molar-refractivity contribution in [1.82, 2.24) is 36.5 Å². The molecule has 7 amide bonds. The summed E-state index contributed by atoms with van der Waals surface area (Å²) in [5.41, 5.74) is 3.06. The molecule has 2 heterocycles. The predicted octanol–water partition coefficient (Wildman–Crippen LogP) is 2.04. The van der Waals surface area contributed by atoms with Crippen molar-refractivity contribution in [3.8, 4) is 0 Å². The first-order chi connectivity index (χ1) is 31.9. The molecule has 9 N–H and O–H groups in total. The largest absolute Gasteiger partial charge is 0.481 e. The summed E-state index contributed by atoms with van der Waals surface area (Å²) in [6.45, 7) is 5.91. The molecule has 3 unspecified atom stereocenters. The van der Waals surface area contributed by atoms with E-state index in [0.717, 1.165) is 28.4 Å². The lowest BCUT2D eigenvalue weighted by Crippen LogP contribution is -2.57. The van der Waals surface area contributed by atoms with Crippen molar-refractivity contribution in [1.29, 1.82) is 0 Å². The molecular weight excluding hydrogens is 893 g/mol. The molecule has 4 rings (SSSR count). The molecule has 0 radical (unpaired) electrons. The van der Waals surface area contributed by atoms with Gasteiger partial charge < -0.3 is 56.7 Å². The minimum atomic E-state index is -1.85. The lowest BCUT2D eigenvalue weighted by Gasteiger charge is -2.28. The van der Waals surface area contributed by atoms with Gasteiger partial charge in [0.2, 0.25) is 35.4 Å². The van der Waals surface area contributed by atoms with E-state index in [1.165, 1.54) is 11.3 Å². The van der Waals surface area contributed by atoms with Gasteiger partial charge in [-0.15, -0.1) is 11.3 Å². The van der Waals surface area contributed by atoms with E-state index in [1.807, 2.05) is 60.9 Å². The van der Waals surface area contributed by atoms with Crippen LogP contribution in [0.15, 0.2) is 41.8 Å². The fourth-order valence-electron chi connectivity index (χ4n) is 7.85. The lowest BCUT2D eigenvalue weighted by molar-refractivity contribution is -0.144. The average molecular weight is 953 g/mol. The normalized spacial score (nSPS) is 15.8. The van der Waals surface area contributed by atoms with E-state index >= 15 is 0 Å². The highest BCUT2D eigenvalue weighted by Gasteiger charge is 2.33. The summed E-state index contributed by atoms with van der Waals surface area (Å²) in [5.74, 6) is -9.20. The number of hydrogen-bond donors (Lipinski definition) is 9. The second kappa shape index (κ2) is 25.7. The Morgan fingerprint density at radius 2 is 1.30 bits per heavy atom. The molecule has 1 aliphatic rings. The van der Waals surface area contributed by atoms with Crippen LogP contribution >= 0.6 is 11.3 Å². The molecule has 3 aromatic rings. The summed E-state index contributed by atoms with van der Waals surface area (Å²) in [4.78, 5) is 126. The van der Waals surface area contributed by atoms with Gasteiger partial charge in [0.05, 0.1) is 29.5 Å². The van der Waals surface area contributed by atoms with Gasteiger partial charge in [-0.25, -0.2) is 0 Å². The molecule has 1 aromatic carbocycles. The Bertz CT molecular complexity index is 2270. The number of carbonyl (C=O) groups is 10. The van der Waals surface area contributed by atoms with E-state index in [1.54, 1.807) is 9.47 Å². The van der Waals surface area contributed by atoms with Gasteiger partial charge in [-0.1, -0.05) is 25.0 Å². The van der Waals surface area contributed by atoms with Crippen molar-refractivity contribution in [2.75, 3.05) is 24.5 Å². The zero-order chi connectivity index (χ0) is 49.2. The van der Waals surface area contributed by atoms with Crippen molar-refractivity contribution < 1.29 is 63.3 Å². The number of hydrogen-bond acceptors (Lipinski definition) is 11. The molecule has 364 valence electrons. The van der Waals surface area contributed by atoms with E-state index in [0.29, 0.717) is 70.2 Å². The molecule has 1 saturated carbocycles. The monoisotopic (exact) mass is 952 g/mol. The smallest absolute Gasteiger partial charge is 0.305 e. The van der Waals surface area contributed by atoms with E-state index in [-0.39, 0.29) is 42.8 Å². The third-order valence-electron chi connectivity index (χ3n) is 11.2. The van der Waals surface area contributed by atoms with E-state index < -0.39 is 78.9 Å². The number of carboxylic acid groups (broad SMARTS) is 3. The number of thiophene rings is 1. The van der Waals surface area contributed by atoms with Crippen LogP contribution in [0.2, 0.25) is 0 Å². The summed E-state index contributed by atoms with van der Waals surface area (Å²) in [6, 6.07) is 6.17. The molecule has 21 nitrogen and oxygen atoms in total. The van der Waals surface area contributed by atoms with Gasteiger partial charge in [-0.3, -0.25) is 47.9 Å². The number of aromatic nitrogens is 1. The van der Waals surface area contributed by atoms with Gasteiger partial charge in [-0.05, 0) is 87.6 Å². The van der Waals surface area contributed by atoms with Crippen LogP contribution in [0.5, 0.6) is 0 Å². The molecule has 0 saturated heterocycles. The predicted molar refractivity (Wildman–Crippen MR) is 245 cm³/mol. The van der Waals surface area contributed by atoms with E-state index in [9.17, 15) is 58.2 Å². The number of aryl methyl sites for hydroxylation is 1. The molecule has 1 fully saturated rings. The first-order valence-corrected chi connectivity index (χ1v) is 23.1. The van der Waals surface area contributed by atoms with E-state index in [4.69, 9.17) is 5.11 Å². The van der Waals surface area contributed by atoms with Crippen molar-refractivity contribution in [2.45, 2.75) is 122 Å². The molecule has 0 spiro atoms. The zero-order valence-electron chi connectivity index (χ0n) is 37.8. The van der Waals surface area contributed by atoms with Gasteiger partial charge in [-0.2, -0.15) is 0 Å². The van der Waals surface area contributed by atoms with Gasteiger partial charge >= 0.3 is 17.9 Å². The maximum atomic E-state index is 13.7. The van der Waals surface area contributed by atoms with Crippen molar-refractivity contribution >= 4 is 86.5 Å². The Morgan fingerprint density at radius 3 is 1.85 bits per heavy atom. The van der Waals surface area contributed by atoms with Crippen LogP contribution in [0.25, 0.3) is 10.2 Å². The third-order valence-corrected chi connectivity index (χ3v) is 12.1. The van der Waals surface area contributed by atoms with Crippen LogP contribution in [0.4, 0.5) is 5.69 Å². The van der Waals surface area contributed by atoms with Gasteiger partial charge in [0.1, 0.15) is 30.4 Å². The number of anilines is 1. The Morgan fingerprint density at radius 1 is 0.731 bits per heavy atom. The van der Waals surface area contributed by atoms with Crippen LogP contribution in [0.1, 0.15) is 101 Å². The molecule has 1 aliphatic carbocycles. The highest BCUT2D eigenvalue weighted by atomic mass is 32.1. The molecule has 0 aliphatic heterocycles. The summed E-state index contributed by atoms with van der Waals surface area (Å²) >= 11 is 1.50. The summed E-state index contributed by atoms with van der Waals surface area (Å²) in [6.07, 6.45) is 2.11. The Labute approximate surface area is 390 Å². The van der Waals surface area contributed by atoms with Gasteiger partial charge in [0.15, 0.2) is 0 Å². The molecule has 0 bridgehead atoms. The van der Waals surface area contributed by atoms with Crippen molar-refractivity contribution in [2.24, 2.45) is 5.92 Å². The van der Waals surface area contributed by atoms with Crippen molar-refractivity contribution in [3.05, 3.63) is 53.0 Å². The maximum Gasteiger partial charge on any atom is 0.305 e. The van der Waals surface area contributed by atoms with E-state index in [2.05, 4.69) is 26.6 Å².